The minimum atomic E-state index is -0.840. The molecular formula is C22H12F2N4O2. The molecule has 0 bridgehead atoms. The molecule has 30 heavy (non-hydrogen) atoms. The van der Waals surface area contributed by atoms with Crippen molar-refractivity contribution >= 4 is 23.2 Å². The van der Waals surface area contributed by atoms with Crippen molar-refractivity contribution in [1.82, 2.24) is 0 Å². The highest BCUT2D eigenvalue weighted by atomic mass is 19.1. The van der Waals surface area contributed by atoms with Gasteiger partial charge in [-0.3, -0.25) is 9.59 Å². The lowest BCUT2D eigenvalue weighted by Crippen LogP contribution is -2.16. The molecule has 0 saturated heterocycles. The van der Waals surface area contributed by atoms with Crippen molar-refractivity contribution in [1.29, 1.82) is 10.5 Å². The maximum absolute atomic E-state index is 14.0. The van der Waals surface area contributed by atoms with Crippen LogP contribution < -0.4 is 10.6 Å². The minimum absolute atomic E-state index is 0.0868. The summed E-state index contributed by atoms with van der Waals surface area (Å²) in [6, 6.07) is 16.5. The average molecular weight is 402 g/mol. The zero-order valence-electron chi connectivity index (χ0n) is 15.2. The molecule has 0 aliphatic rings. The van der Waals surface area contributed by atoms with E-state index >= 15 is 0 Å². The van der Waals surface area contributed by atoms with Gasteiger partial charge in [-0.15, -0.1) is 0 Å². The molecule has 0 aliphatic heterocycles. The maximum atomic E-state index is 14.0. The lowest BCUT2D eigenvalue weighted by Gasteiger charge is -2.10. The van der Waals surface area contributed by atoms with Crippen LogP contribution in [0.3, 0.4) is 0 Å². The van der Waals surface area contributed by atoms with Crippen molar-refractivity contribution in [2.45, 2.75) is 0 Å². The number of rotatable bonds is 4. The lowest BCUT2D eigenvalue weighted by molar-refractivity contribution is 0.101. The highest BCUT2D eigenvalue weighted by Crippen LogP contribution is 2.19. The number of benzene rings is 3. The number of nitrogens with zero attached hydrogens (tertiary/aromatic N) is 2. The van der Waals surface area contributed by atoms with Gasteiger partial charge < -0.3 is 10.6 Å². The Morgan fingerprint density at radius 3 is 1.50 bits per heavy atom. The van der Waals surface area contributed by atoms with E-state index in [1.807, 2.05) is 0 Å². The second-order valence-electron chi connectivity index (χ2n) is 6.10. The molecule has 0 atom stereocenters. The molecule has 8 heteroatoms. The molecule has 0 radical (unpaired) electrons. The summed E-state index contributed by atoms with van der Waals surface area (Å²) in [6.07, 6.45) is 0. The first kappa shape index (κ1) is 20.2. The number of halogens is 2. The van der Waals surface area contributed by atoms with Crippen molar-refractivity contribution in [3.63, 3.8) is 0 Å². The van der Waals surface area contributed by atoms with E-state index in [1.54, 1.807) is 12.1 Å². The third kappa shape index (κ3) is 4.46. The van der Waals surface area contributed by atoms with Crippen LogP contribution in [0.1, 0.15) is 31.8 Å². The largest absolute Gasteiger partial charge is 0.322 e. The summed E-state index contributed by atoms with van der Waals surface area (Å²) in [5.74, 6) is -3.16. The summed E-state index contributed by atoms with van der Waals surface area (Å²) in [5, 5.41) is 22.5. The molecule has 0 fully saturated rings. The molecule has 6 nitrogen and oxygen atoms in total. The van der Waals surface area contributed by atoms with Crippen molar-refractivity contribution in [2.24, 2.45) is 0 Å². The van der Waals surface area contributed by atoms with E-state index in [4.69, 9.17) is 10.5 Å². The molecule has 0 saturated carbocycles. The summed E-state index contributed by atoms with van der Waals surface area (Å²) in [5.41, 5.74) is 0.211. The summed E-state index contributed by atoms with van der Waals surface area (Å²) in [4.78, 5) is 24.6. The number of anilines is 2. The van der Waals surface area contributed by atoms with E-state index in [0.29, 0.717) is 0 Å². The summed E-state index contributed by atoms with van der Waals surface area (Å²) >= 11 is 0. The second kappa shape index (κ2) is 8.63. The first-order valence-electron chi connectivity index (χ1n) is 8.53. The van der Waals surface area contributed by atoms with Crippen molar-refractivity contribution in [3.8, 4) is 12.1 Å². The van der Waals surface area contributed by atoms with Gasteiger partial charge in [-0.05, 0) is 54.6 Å². The van der Waals surface area contributed by atoms with Crippen LogP contribution in [0.5, 0.6) is 0 Å². The number of amides is 2. The normalized spacial score (nSPS) is 9.87. The Morgan fingerprint density at radius 1 is 0.700 bits per heavy atom. The van der Waals surface area contributed by atoms with Crippen molar-refractivity contribution in [3.05, 3.63) is 94.6 Å². The van der Waals surface area contributed by atoms with Gasteiger partial charge in [-0.25, -0.2) is 8.78 Å². The Labute approximate surface area is 170 Å². The first-order chi connectivity index (χ1) is 14.4. The molecule has 2 N–H and O–H groups in total. The standard InChI is InChI=1S/C22H12F2N4O2/c23-19-8-13(11-25)4-6-17(19)21(29)27-15-2-1-3-16(10-15)28-22(30)18-7-5-14(12-26)9-20(18)24/h1-10H,(H,27,29)(H,28,30). The molecule has 0 heterocycles. The summed E-state index contributed by atoms with van der Waals surface area (Å²) < 4.78 is 28.0. The predicted octanol–water partition coefficient (Wildman–Crippen LogP) is 4.21. The fraction of sp³-hybridized carbons (Fsp3) is 0. The molecular weight excluding hydrogens is 390 g/mol. The van der Waals surface area contributed by atoms with E-state index < -0.39 is 23.4 Å². The van der Waals surface area contributed by atoms with Gasteiger partial charge >= 0.3 is 0 Å². The Balaban J connectivity index is 1.75. The van der Waals surface area contributed by atoms with Crippen molar-refractivity contribution in [2.75, 3.05) is 10.6 Å². The first-order valence-corrected chi connectivity index (χ1v) is 8.53. The zero-order chi connectivity index (χ0) is 21.7. The van der Waals surface area contributed by atoms with Crippen LogP contribution in [0.15, 0.2) is 60.7 Å². The molecule has 0 unspecified atom stereocenters. The molecule has 0 spiro atoms. The lowest BCUT2D eigenvalue weighted by atomic mass is 10.1. The second-order valence-corrected chi connectivity index (χ2v) is 6.10. The smallest absolute Gasteiger partial charge is 0.258 e. The van der Waals surface area contributed by atoms with E-state index in [9.17, 15) is 18.4 Å². The van der Waals surface area contributed by atoms with Gasteiger partial charge in [-0.2, -0.15) is 10.5 Å². The van der Waals surface area contributed by atoms with Crippen LogP contribution in [-0.2, 0) is 0 Å². The molecule has 3 rings (SSSR count). The Bertz CT molecular complexity index is 1150. The predicted molar refractivity (Wildman–Crippen MR) is 105 cm³/mol. The highest BCUT2D eigenvalue weighted by molar-refractivity contribution is 6.06. The number of nitriles is 2. The van der Waals surface area contributed by atoms with E-state index in [2.05, 4.69) is 10.6 Å². The topological polar surface area (TPSA) is 106 Å². The molecule has 3 aromatic rings. The van der Waals surface area contributed by atoms with Crippen LogP contribution >= 0.6 is 0 Å². The van der Waals surface area contributed by atoms with Crippen LogP contribution in [0.25, 0.3) is 0 Å². The minimum Gasteiger partial charge on any atom is -0.322 e. The quantitative estimate of drug-likeness (QED) is 0.682. The Morgan fingerprint density at radius 2 is 1.13 bits per heavy atom. The summed E-state index contributed by atoms with van der Waals surface area (Å²) in [6.45, 7) is 0. The van der Waals surface area contributed by atoms with Crippen molar-refractivity contribution < 1.29 is 18.4 Å². The molecule has 2 amide bonds. The van der Waals surface area contributed by atoms with Crippen LogP contribution in [-0.4, -0.2) is 11.8 Å². The van der Waals surface area contributed by atoms with E-state index in [1.165, 1.54) is 48.5 Å². The van der Waals surface area contributed by atoms with Gasteiger partial charge in [0.2, 0.25) is 0 Å². The molecule has 0 aromatic heterocycles. The van der Waals surface area contributed by atoms with E-state index in [-0.39, 0.29) is 33.6 Å². The third-order valence-corrected chi connectivity index (χ3v) is 4.06. The van der Waals surface area contributed by atoms with Gasteiger partial charge in [0.15, 0.2) is 0 Å². The van der Waals surface area contributed by atoms with Gasteiger partial charge in [0, 0.05) is 11.4 Å². The molecule has 0 aliphatic carbocycles. The van der Waals surface area contributed by atoms with Crippen LogP contribution in [0.4, 0.5) is 20.2 Å². The Hall–Kier alpha value is -4.56. The number of hydrogen-bond donors (Lipinski definition) is 2. The van der Waals surface area contributed by atoms with Gasteiger partial charge in [0.1, 0.15) is 11.6 Å². The average Bonchev–Trinajstić information content (AvgIpc) is 2.73. The zero-order valence-corrected chi connectivity index (χ0v) is 15.2. The molecule has 146 valence electrons. The number of hydrogen-bond acceptors (Lipinski definition) is 4. The SMILES string of the molecule is N#Cc1ccc(C(=O)Nc2cccc(NC(=O)c3ccc(C#N)cc3F)c2)c(F)c1. The van der Waals surface area contributed by atoms with E-state index in [0.717, 1.165) is 12.1 Å². The highest BCUT2D eigenvalue weighted by Gasteiger charge is 2.15. The number of carbonyl (C=O) groups excluding carboxylic acids is 2. The maximum Gasteiger partial charge on any atom is 0.258 e. The monoisotopic (exact) mass is 402 g/mol. The fourth-order valence-corrected chi connectivity index (χ4v) is 2.61. The summed E-state index contributed by atoms with van der Waals surface area (Å²) in [7, 11) is 0. The Kier molecular flexibility index (Phi) is 5.81. The van der Waals surface area contributed by atoms with Gasteiger partial charge in [0.25, 0.3) is 11.8 Å². The van der Waals surface area contributed by atoms with Crippen LogP contribution in [0.2, 0.25) is 0 Å². The van der Waals surface area contributed by atoms with Gasteiger partial charge in [-0.1, -0.05) is 6.07 Å². The third-order valence-electron chi connectivity index (χ3n) is 4.06. The number of carbonyl (C=O) groups is 2. The number of nitrogens with one attached hydrogen (secondary N) is 2. The van der Waals surface area contributed by atoms with Gasteiger partial charge in [0.05, 0.1) is 34.4 Å². The molecule has 3 aromatic carbocycles. The van der Waals surface area contributed by atoms with Crippen LogP contribution in [0, 0.1) is 34.3 Å². The fourth-order valence-electron chi connectivity index (χ4n) is 2.61.